The molecule has 0 spiro atoms. The first-order valence-corrected chi connectivity index (χ1v) is 4.44. The summed E-state index contributed by atoms with van der Waals surface area (Å²) in [5, 5.41) is 0. The van der Waals surface area contributed by atoms with Gasteiger partial charge in [-0.25, -0.2) is 0 Å². The number of nitrogens with zero attached hydrogens (tertiary/aromatic N) is 1. The Morgan fingerprint density at radius 1 is 1.50 bits per heavy atom. The van der Waals surface area contributed by atoms with Crippen LogP contribution in [0.3, 0.4) is 0 Å². The van der Waals surface area contributed by atoms with E-state index in [0.29, 0.717) is 12.0 Å². The maximum absolute atomic E-state index is 4.01. The number of hydrogen-bond donors (Lipinski definition) is 0. The monoisotopic (exact) mass is 165 g/mol. The molecule has 0 aliphatic heterocycles. The largest absolute Gasteiger partial charge is 0.297 e. The molecule has 1 nitrogen and oxygen atoms in total. The highest BCUT2D eigenvalue weighted by molar-refractivity contribution is 5.25. The molecule has 0 saturated carbocycles. The van der Waals surface area contributed by atoms with Crippen molar-refractivity contribution in [3.63, 3.8) is 0 Å². The molecule has 0 rings (SSSR count). The summed E-state index contributed by atoms with van der Waals surface area (Å²) < 4.78 is 0. The fourth-order valence-electron chi connectivity index (χ4n) is 1.21. The van der Waals surface area contributed by atoms with Gasteiger partial charge in [0, 0.05) is 0 Å². The fraction of sp³-hybridized carbons (Fsp3) is 0.545. The Bertz CT molecular complexity index is 179. The van der Waals surface area contributed by atoms with E-state index in [9.17, 15) is 0 Å². The Labute approximate surface area is 75.9 Å². The van der Waals surface area contributed by atoms with Gasteiger partial charge in [0.1, 0.15) is 0 Å². The van der Waals surface area contributed by atoms with Crippen LogP contribution in [0.4, 0.5) is 0 Å². The third kappa shape index (κ3) is 3.04. The average Bonchev–Trinajstić information content (AvgIpc) is 2.11. The van der Waals surface area contributed by atoms with Gasteiger partial charge in [-0.05, 0) is 26.0 Å². The average molecular weight is 165 g/mol. The third-order valence-electron chi connectivity index (χ3n) is 2.34. The summed E-state index contributed by atoms with van der Waals surface area (Å²) >= 11 is 0. The lowest BCUT2D eigenvalue weighted by Gasteiger charge is -2.18. The highest BCUT2D eigenvalue weighted by Crippen LogP contribution is 2.19. The van der Waals surface area contributed by atoms with Crippen LogP contribution in [-0.2, 0) is 0 Å². The van der Waals surface area contributed by atoms with Crippen molar-refractivity contribution in [2.75, 3.05) is 0 Å². The van der Waals surface area contributed by atoms with E-state index in [2.05, 4.69) is 45.1 Å². The van der Waals surface area contributed by atoms with Crippen LogP contribution < -0.4 is 0 Å². The molecule has 12 heavy (non-hydrogen) atoms. The van der Waals surface area contributed by atoms with Gasteiger partial charge in [-0.3, -0.25) is 4.99 Å². The SMILES string of the molecule is C=C/C=C(\CC)C(C)C(C)N=C. The second-order valence-electron chi connectivity index (χ2n) is 3.04. The molecule has 1 heteroatoms. The van der Waals surface area contributed by atoms with Gasteiger partial charge in [-0.1, -0.05) is 38.2 Å². The maximum atomic E-state index is 4.01. The molecule has 0 aromatic heterocycles. The van der Waals surface area contributed by atoms with E-state index in [0.717, 1.165) is 6.42 Å². The van der Waals surface area contributed by atoms with Crippen molar-refractivity contribution in [3.8, 4) is 0 Å². The van der Waals surface area contributed by atoms with Gasteiger partial charge in [0.2, 0.25) is 0 Å². The van der Waals surface area contributed by atoms with Gasteiger partial charge < -0.3 is 0 Å². The van der Waals surface area contributed by atoms with E-state index in [4.69, 9.17) is 0 Å². The molecule has 0 aliphatic carbocycles. The van der Waals surface area contributed by atoms with Crippen LogP contribution >= 0.6 is 0 Å². The third-order valence-corrected chi connectivity index (χ3v) is 2.34. The molecule has 0 heterocycles. The van der Waals surface area contributed by atoms with Crippen molar-refractivity contribution in [1.82, 2.24) is 0 Å². The first-order valence-electron chi connectivity index (χ1n) is 4.44. The van der Waals surface area contributed by atoms with Gasteiger partial charge in [0.05, 0.1) is 6.04 Å². The Hall–Kier alpha value is -0.850. The van der Waals surface area contributed by atoms with Crippen LogP contribution in [0.2, 0.25) is 0 Å². The lowest BCUT2D eigenvalue weighted by Crippen LogP contribution is -2.13. The molecule has 2 atom stereocenters. The van der Waals surface area contributed by atoms with E-state index >= 15 is 0 Å². The molecular formula is C11H19N. The minimum absolute atomic E-state index is 0.302. The minimum atomic E-state index is 0.302. The predicted octanol–water partition coefficient (Wildman–Crippen LogP) is 3.23. The summed E-state index contributed by atoms with van der Waals surface area (Å²) in [7, 11) is 0. The van der Waals surface area contributed by atoms with Gasteiger partial charge in [-0.15, -0.1) is 0 Å². The number of hydrogen-bond acceptors (Lipinski definition) is 1. The van der Waals surface area contributed by atoms with Gasteiger partial charge in [-0.2, -0.15) is 0 Å². The Morgan fingerprint density at radius 3 is 2.42 bits per heavy atom. The molecule has 0 aromatic carbocycles. The zero-order valence-corrected chi connectivity index (χ0v) is 8.38. The topological polar surface area (TPSA) is 12.4 Å². The van der Waals surface area contributed by atoms with Crippen LogP contribution in [0.1, 0.15) is 27.2 Å². The lowest BCUT2D eigenvalue weighted by atomic mass is 9.92. The van der Waals surface area contributed by atoms with Crippen molar-refractivity contribution >= 4 is 6.72 Å². The fourth-order valence-corrected chi connectivity index (χ4v) is 1.21. The molecule has 0 radical (unpaired) electrons. The highest BCUT2D eigenvalue weighted by atomic mass is 14.7. The smallest absolute Gasteiger partial charge is 0.0526 e. The lowest BCUT2D eigenvalue weighted by molar-refractivity contribution is 0.545. The van der Waals surface area contributed by atoms with Crippen LogP contribution in [-0.4, -0.2) is 12.8 Å². The van der Waals surface area contributed by atoms with E-state index < -0.39 is 0 Å². The second kappa shape index (κ2) is 5.76. The molecule has 68 valence electrons. The summed E-state index contributed by atoms with van der Waals surface area (Å²) in [6.07, 6.45) is 4.98. The Morgan fingerprint density at radius 2 is 2.08 bits per heavy atom. The van der Waals surface area contributed by atoms with Crippen molar-refractivity contribution in [2.24, 2.45) is 10.9 Å². The van der Waals surface area contributed by atoms with E-state index in [1.54, 1.807) is 0 Å². The molecule has 0 N–H and O–H groups in total. The summed E-state index contributed by atoms with van der Waals surface area (Å²) in [6, 6.07) is 0.302. The van der Waals surface area contributed by atoms with Crippen molar-refractivity contribution < 1.29 is 0 Å². The molecule has 0 aliphatic rings. The Balaban J connectivity index is 4.40. The normalized spacial score (nSPS) is 16.8. The van der Waals surface area contributed by atoms with E-state index in [-0.39, 0.29) is 0 Å². The molecular weight excluding hydrogens is 146 g/mol. The van der Waals surface area contributed by atoms with Crippen molar-refractivity contribution in [3.05, 3.63) is 24.3 Å². The standard InChI is InChI=1S/C11H19N/c1-6-8-11(7-2)9(3)10(4)12-5/h6,8-10H,1,5,7H2,2-4H3/b11-8+. The maximum Gasteiger partial charge on any atom is 0.0526 e. The van der Waals surface area contributed by atoms with Crippen molar-refractivity contribution in [1.29, 1.82) is 0 Å². The minimum Gasteiger partial charge on any atom is -0.297 e. The zero-order chi connectivity index (χ0) is 9.56. The highest BCUT2D eigenvalue weighted by Gasteiger charge is 2.12. The van der Waals surface area contributed by atoms with E-state index in [1.807, 2.05) is 6.08 Å². The first kappa shape index (κ1) is 11.2. The number of aliphatic imine (C=N–C) groups is 1. The first-order chi connectivity index (χ1) is 5.67. The van der Waals surface area contributed by atoms with Crippen LogP contribution in [0.25, 0.3) is 0 Å². The van der Waals surface area contributed by atoms with Crippen molar-refractivity contribution in [2.45, 2.75) is 33.2 Å². The van der Waals surface area contributed by atoms with Gasteiger partial charge >= 0.3 is 0 Å². The quantitative estimate of drug-likeness (QED) is 0.438. The molecule has 0 amide bonds. The predicted molar refractivity (Wildman–Crippen MR) is 56.7 cm³/mol. The summed E-state index contributed by atoms with van der Waals surface area (Å²) in [5.41, 5.74) is 1.39. The second-order valence-corrected chi connectivity index (χ2v) is 3.04. The van der Waals surface area contributed by atoms with Crippen LogP contribution in [0.5, 0.6) is 0 Å². The summed E-state index contributed by atoms with van der Waals surface area (Å²) in [6.45, 7) is 13.7. The van der Waals surface area contributed by atoms with Gasteiger partial charge in [0.15, 0.2) is 0 Å². The van der Waals surface area contributed by atoms with E-state index in [1.165, 1.54) is 5.57 Å². The molecule has 0 bridgehead atoms. The van der Waals surface area contributed by atoms with Gasteiger partial charge in [0.25, 0.3) is 0 Å². The van der Waals surface area contributed by atoms with Crippen LogP contribution in [0.15, 0.2) is 29.3 Å². The molecule has 2 unspecified atom stereocenters. The summed E-state index contributed by atoms with van der Waals surface area (Å²) in [4.78, 5) is 4.01. The molecule has 0 aromatic rings. The van der Waals surface area contributed by atoms with Crippen LogP contribution in [0, 0.1) is 5.92 Å². The molecule has 0 fully saturated rings. The number of rotatable bonds is 5. The number of allylic oxidation sites excluding steroid dienone is 2. The molecule has 0 saturated heterocycles. The zero-order valence-electron chi connectivity index (χ0n) is 8.38. The summed E-state index contributed by atoms with van der Waals surface area (Å²) in [5.74, 6) is 0.477. The Kier molecular flexibility index (Phi) is 5.35.